The van der Waals surface area contributed by atoms with Crippen LogP contribution in [0.2, 0.25) is 0 Å². The third-order valence-electron chi connectivity index (χ3n) is 6.26. The number of hydrogen-bond donors (Lipinski definition) is 0. The molecule has 1 aliphatic carbocycles. The molecule has 1 saturated carbocycles. The second-order valence-electron chi connectivity index (χ2n) is 7.84. The molecule has 2 heteroatoms. The normalized spacial score (nSPS) is 29.5. The van der Waals surface area contributed by atoms with Crippen LogP contribution in [0.4, 0.5) is 5.69 Å². The molecule has 134 valence electrons. The number of hydrogen-bond acceptors (Lipinski definition) is 2. The van der Waals surface area contributed by atoms with E-state index in [4.69, 9.17) is 0 Å². The highest BCUT2D eigenvalue weighted by molar-refractivity contribution is 5.81. The standard InChI is InChI=1S/C24H28N2/c1-17-10-6-9-15-22(17)25-16-26-23(18(25)2)20-13-7-8-14-21(20)24(26)19-11-4-3-5-12-19/h6-10,13-15,19,24H,3-5,11-12,16H2,1-2H3/i16D,24D. The molecule has 0 spiro atoms. The smallest absolute Gasteiger partial charge is 0.0956 e. The Kier molecular flexibility index (Phi) is 3.31. The maximum atomic E-state index is 9.76. The summed E-state index contributed by atoms with van der Waals surface area (Å²) in [5.74, 6) is 0.275. The highest BCUT2D eigenvalue weighted by atomic mass is 15.4. The zero-order valence-corrected chi connectivity index (χ0v) is 15.7. The number of para-hydroxylation sites is 1. The minimum absolute atomic E-state index is 0.275. The zero-order valence-electron chi connectivity index (χ0n) is 17.7. The Morgan fingerprint density at radius 1 is 0.962 bits per heavy atom. The fourth-order valence-electron chi connectivity index (χ4n) is 4.97. The largest absolute Gasteiger partial charge is 0.344 e. The molecule has 0 saturated heterocycles. The van der Waals surface area contributed by atoms with Crippen LogP contribution in [0, 0.1) is 12.8 Å². The van der Waals surface area contributed by atoms with Crippen molar-refractivity contribution >= 4 is 11.4 Å². The van der Waals surface area contributed by atoms with Gasteiger partial charge in [0.1, 0.15) is 0 Å². The van der Waals surface area contributed by atoms with Gasteiger partial charge in [-0.15, -0.1) is 0 Å². The summed E-state index contributed by atoms with van der Waals surface area (Å²) in [5, 5.41) is 0. The van der Waals surface area contributed by atoms with Crippen LogP contribution in [0.25, 0.3) is 5.70 Å². The summed E-state index contributed by atoms with van der Waals surface area (Å²) in [7, 11) is 0. The van der Waals surface area contributed by atoms with E-state index < -0.39 is 12.7 Å². The quantitative estimate of drug-likeness (QED) is 0.648. The molecule has 26 heavy (non-hydrogen) atoms. The molecule has 2 heterocycles. The fourth-order valence-corrected chi connectivity index (χ4v) is 4.97. The molecule has 2 aromatic rings. The minimum Gasteiger partial charge on any atom is -0.344 e. The van der Waals surface area contributed by atoms with Gasteiger partial charge in [0.2, 0.25) is 0 Å². The molecule has 3 aliphatic rings. The third-order valence-corrected chi connectivity index (χ3v) is 6.26. The van der Waals surface area contributed by atoms with Crippen LogP contribution < -0.4 is 4.90 Å². The second-order valence-corrected chi connectivity index (χ2v) is 7.84. The molecule has 2 nitrogen and oxygen atoms in total. The van der Waals surface area contributed by atoms with Crippen molar-refractivity contribution in [3.8, 4) is 0 Å². The number of nitrogens with zero attached hydrogens (tertiary/aromatic N) is 2. The first-order valence-electron chi connectivity index (χ1n) is 11.0. The molecular weight excluding hydrogens is 316 g/mol. The van der Waals surface area contributed by atoms with E-state index >= 15 is 0 Å². The van der Waals surface area contributed by atoms with Crippen molar-refractivity contribution in [3.63, 3.8) is 0 Å². The Hall–Kier alpha value is -2.22. The first-order chi connectivity index (χ1) is 13.5. The van der Waals surface area contributed by atoms with Crippen molar-refractivity contribution in [1.82, 2.24) is 4.90 Å². The van der Waals surface area contributed by atoms with Crippen molar-refractivity contribution in [3.05, 3.63) is 70.9 Å². The number of benzene rings is 2. The lowest BCUT2D eigenvalue weighted by Crippen LogP contribution is -2.32. The van der Waals surface area contributed by atoms with Crippen molar-refractivity contribution < 1.29 is 2.74 Å². The molecule has 0 aromatic heterocycles. The van der Waals surface area contributed by atoms with Gasteiger partial charge in [-0.25, -0.2) is 0 Å². The molecule has 2 aromatic carbocycles. The van der Waals surface area contributed by atoms with Gasteiger partial charge in [0.25, 0.3) is 0 Å². The highest BCUT2D eigenvalue weighted by Gasteiger charge is 2.44. The van der Waals surface area contributed by atoms with Crippen molar-refractivity contribution in [2.75, 3.05) is 11.5 Å². The number of anilines is 1. The first kappa shape index (κ1) is 13.9. The van der Waals surface area contributed by atoms with Gasteiger partial charge in [0.05, 0.1) is 21.1 Å². The summed E-state index contributed by atoms with van der Waals surface area (Å²) in [6.07, 6.45) is 5.83. The third kappa shape index (κ3) is 2.31. The Balaban J connectivity index is 1.70. The number of fused-ring (bicyclic) bond motifs is 3. The molecule has 0 amide bonds. The topological polar surface area (TPSA) is 6.48 Å². The molecule has 1 fully saturated rings. The Morgan fingerprint density at radius 3 is 2.50 bits per heavy atom. The molecule has 5 rings (SSSR count). The van der Waals surface area contributed by atoms with E-state index in [1.807, 2.05) is 12.1 Å². The van der Waals surface area contributed by atoms with E-state index in [9.17, 15) is 2.74 Å². The first-order valence-corrected chi connectivity index (χ1v) is 9.92. The van der Waals surface area contributed by atoms with Gasteiger partial charge in [-0.2, -0.15) is 0 Å². The van der Waals surface area contributed by atoms with E-state index in [0.717, 1.165) is 41.1 Å². The lowest BCUT2D eigenvalue weighted by atomic mass is 9.81. The van der Waals surface area contributed by atoms with Crippen LogP contribution in [-0.2, 0) is 0 Å². The highest BCUT2D eigenvalue weighted by Crippen LogP contribution is 2.53. The lowest BCUT2D eigenvalue weighted by Gasteiger charge is -2.35. The second kappa shape index (κ2) is 6.19. The lowest BCUT2D eigenvalue weighted by molar-refractivity contribution is 0.194. The van der Waals surface area contributed by atoms with Gasteiger partial charge in [-0.1, -0.05) is 61.7 Å². The molecule has 2 unspecified atom stereocenters. The van der Waals surface area contributed by atoms with E-state index in [2.05, 4.69) is 60.0 Å². The molecule has 2 aliphatic heterocycles. The number of aryl methyl sites for hydroxylation is 1. The van der Waals surface area contributed by atoms with Gasteiger partial charge < -0.3 is 9.80 Å². The summed E-state index contributed by atoms with van der Waals surface area (Å²) in [4.78, 5) is 4.22. The summed E-state index contributed by atoms with van der Waals surface area (Å²) in [6.45, 7) is 3.61. The van der Waals surface area contributed by atoms with Crippen LogP contribution in [0.3, 0.4) is 0 Å². The van der Waals surface area contributed by atoms with Crippen LogP contribution in [0.1, 0.15) is 64.5 Å². The van der Waals surface area contributed by atoms with Crippen molar-refractivity contribution in [2.45, 2.75) is 52.0 Å². The maximum absolute atomic E-state index is 9.76. The number of allylic oxidation sites excluding steroid dienone is 1. The fraction of sp³-hybridized carbons (Fsp3) is 0.417. The number of rotatable bonds is 2. The van der Waals surface area contributed by atoms with E-state index in [1.165, 1.54) is 24.8 Å². The Morgan fingerprint density at radius 2 is 1.69 bits per heavy atom. The monoisotopic (exact) mass is 346 g/mol. The van der Waals surface area contributed by atoms with Gasteiger partial charge in [0.15, 0.2) is 0 Å². The predicted molar refractivity (Wildman–Crippen MR) is 109 cm³/mol. The van der Waals surface area contributed by atoms with E-state index in [1.54, 1.807) is 0 Å². The molecular formula is C24H28N2. The average molecular weight is 347 g/mol. The summed E-state index contributed by atoms with van der Waals surface area (Å²) in [5.41, 5.74) is 6.66. The molecule has 0 radical (unpaired) electrons. The summed E-state index contributed by atoms with van der Waals surface area (Å²) >= 11 is 0. The van der Waals surface area contributed by atoms with E-state index in [-0.39, 0.29) is 5.92 Å². The van der Waals surface area contributed by atoms with Crippen molar-refractivity contribution in [2.24, 2.45) is 5.92 Å². The van der Waals surface area contributed by atoms with Crippen LogP contribution in [-0.4, -0.2) is 11.5 Å². The van der Waals surface area contributed by atoms with Crippen LogP contribution in [0.15, 0.2) is 54.2 Å². The van der Waals surface area contributed by atoms with Crippen LogP contribution in [0.5, 0.6) is 0 Å². The summed E-state index contributed by atoms with van der Waals surface area (Å²) in [6, 6.07) is 15.8. The van der Waals surface area contributed by atoms with E-state index in [0.29, 0.717) is 0 Å². The zero-order chi connectivity index (χ0) is 19.5. The maximum Gasteiger partial charge on any atom is 0.0956 e. The van der Waals surface area contributed by atoms with Gasteiger partial charge in [-0.05, 0) is 49.8 Å². The Labute approximate surface area is 159 Å². The van der Waals surface area contributed by atoms with Gasteiger partial charge >= 0.3 is 0 Å². The molecule has 2 atom stereocenters. The average Bonchev–Trinajstić information content (AvgIpc) is 3.15. The summed E-state index contributed by atoms with van der Waals surface area (Å²) < 4.78 is 19.0. The molecule has 0 N–H and O–H groups in total. The SMILES string of the molecule is [2H]C1N(c2ccccc2C)C(C)=C2c3ccccc3C([2H])(C3CCCCC3)N21. The Bertz CT molecular complexity index is 947. The van der Waals surface area contributed by atoms with Crippen molar-refractivity contribution in [1.29, 1.82) is 0 Å². The van der Waals surface area contributed by atoms with Gasteiger partial charge in [-0.3, -0.25) is 0 Å². The minimum atomic E-state index is -0.850. The van der Waals surface area contributed by atoms with Crippen LogP contribution >= 0.6 is 0 Å². The van der Waals surface area contributed by atoms with Gasteiger partial charge in [0, 0.05) is 16.9 Å². The molecule has 0 bridgehead atoms. The predicted octanol–water partition coefficient (Wildman–Crippen LogP) is 6.10.